The summed E-state index contributed by atoms with van der Waals surface area (Å²) in [5, 5.41) is 0. The largest absolute Gasteiger partial charge is 0.491 e. The van der Waals surface area contributed by atoms with E-state index in [9.17, 15) is 13.2 Å². The van der Waals surface area contributed by atoms with Gasteiger partial charge in [-0.1, -0.05) is 6.92 Å². The molecule has 0 amide bonds. The molecule has 0 N–H and O–H groups in total. The molecule has 2 atom stereocenters. The van der Waals surface area contributed by atoms with Crippen molar-refractivity contribution in [2.24, 2.45) is 0 Å². The fourth-order valence-electron chi connectivity index (χ4n) is 2.23. The molecule has 6 heteroatoms. The summed E-state index contributed by atoms with van der Waals surface area (Å²) in [6.45, 7) is 6.04. The number of likely N-dealkylation sites (N-methyl/N-ethyl adjacent to an activating group) is 1. The molecule has 3 nitrogen and oxygen atoms in total. The third-order valence-electron chi connectivity index (χ3n) is 3.37. The molecular weight excluding hydrogens is 271 g/mol. The van der Waals surface area contributed by atoms with E-state index in [1.807, 2.05) is 6.92 Å². The molecule has 112 valence electrons. The minimum absolute atomic E-state index is 0.0488. The van der Waals surface area contributed by atoms with Crippen LogP contribution in [0.15, 0.2) is 24.3 Å². The first-order valence-corrected chi connectivity index (χ1v) is 6.59. The summed E-state index contributed by atoms with van der Waals surface area (Å²) in [6, 6.07) is 4.70. The highest BCUT2D eigenvalue weighted by molar-refractivity contribution is 5.28. The van der Waals surface area contributed by atoms with Gasteiger partial charge < -0.3 is 9.47 Å². The molecule has 0 aliphatic carbocycles. The Morgan fingerprint density at radius 1 is 1.30 bits per heavy atom. The first-order valence-electron chi connectivity index (χ1n) is 6.59. The molecule has 2 unspecified atom stereocenters. The smallest absolute Gasteiger partial charge is 0.416 e. The minimum atomic E-state index is -4.32. The van der Waals surface area contributed by atoms with Crippen molar-refractivity contribution in [3.8, 4) is 5.75 Å². The summed E-state index contributed by atoms with van der Waals surface area (Å²) in [5.74, 6) is 0.421. The lowest BCUT2D eigenvalue weighted by Gasteiger charge is -2.15. The van der Waals surface area contributed by atoms with Crippen LogP contribution in [0.1, 0.15) is 19.4 Å². The maximum atomic E-state index is 12.4. The normalized spacial score (nSPS) is 24.1. The SMILES string of the molecule is CCN1CC(COc2ccc(C(F)(F)F)cc2)OC1C. The number of ether oxygens (including phenoxy) is 2. The highest BCUT2D eigenvalue weighted by Crippen LogP contribution is 2.30. The molecule has 1 saturated heterocycles. The van der Waals surface area contributed by atoms with Gasteiger partial charge in [0, 0.05) is 6.54 Å². The topological polar surface area (TPSA) is 21.7 Å². The second-order valence-corrected chi connectivity index (χ2v) is 4.78. The number of rotatable bonds is 4. The van der Waals surface area contributed by atoms with E-state index in [4.69, 9.17) is 9.47 Å². The lowest BCUT2D eigenvalue weighted by atomic mass is 10.2. The number of benzene rings is 1. The van der Waals surface area contributed by atoms with Crippen molar-refractivity contribution in [1.29, 1.82) is 0 Å². The predicted molar refractivity (Wildman–Crippen MR) is 68.5 cm³/mol. The van der Waals surface area contributed by atoms with Crippen LogP contribution in [0.3, 0.4) is 0 Å². The first-order chi connectivity index (χ1) is 9.40. The van der Waals surface area contributed by atoms with Crippen LogP contribution >= 0.6 is 0 Å². The second kappa shape index (κ2) is 6.01. The van der Waals surface area contributed by atoms with E-state index in [-0.39, 0.29) is 12.3 Å². The van der Waals surface area contributed by atoms with E-state index in [2.05, 4.69) is 11.8 Å². The summed E-state index contributed by atoms with van der Waals surface area (Å²) in [7, 11) is 0. The van der Waals surface area contributed by atoms with Gasteiger partial charge in [0.05, 0.1) is 5.56 Å². The first kappa shape index (κ1) is 15.1. The van der Waals surface area contributed by atoms with Crippen LogP contribution in [-0.2, 0) is 10.9 Å². The standard InChI is InChI=1S/C14H18F3NO2/c1-3-18-8-13(20-10(18)2)9-19-12-6-4-11(5-7-12)14(15,16)17/h4-7,10,13H,3,8-9H2,1-2H3. The molecule has 1 aromatic carbocycles. The summed E-state index contributed by atoms with van der Waals surface area (Å²) in [4.78, 5) is 2.17. The summed E-state index contributed by atoms with van der Waals surface area (Å²) < 4.78 is 48.4. The monoisotopic (exact) mass is 289 g/mol. The van der Waals surface area contributed by atoms with Gasteiger partial charge >= 0.3 is 6.18 Å². The van der Waals surface area contributed by atoms with Crippen LogP contribution in [0.5, 0.6) is 5.75 Å². The average Bonchev–Trinajstić information content (AvgIpc) is 2.76. The summed E-state index contributed by atoms with van der Waals surface area (Å²) in [6.07, 6.45) is -4.31. The Labute approximate surface area is 116 Å². The van der Waals surface area contributed by atoms with E-state index in [0.29, 0.717) is 12.4 Å². The highest BCUT2D eigenvalue weighted by Gasteiger charge is 2.30. The molecule has 0 spiro atoms. The molecule has 20 heavy (non-hydrogen) atoms. The molecule has 1 fully saturated rings. The van der Waals surface area contributed by atoms with Crippen molar-refractivity contribution in [1.82, 2.24) is 4.90 Å². The zero-order chi connectivity index (χ0) is 14.8. The summed E-state index contributed by atoms with van der Waals surface area (Å²) >= 11 is 0. The minimum Gasteiger partial charge on any atom is -0.491 e. The Morgan fingerprint density at radius 2 is 1.95 bits per heavy atom. The van der Waals surface area contributed by atoms with E-state index in [0.717, 1.165) is 25.2 Å². The van der Waals surface area contributed by atoms with Crippen LogP contribution in [0.2, 0.25) is 0 Å². The highest BCUT2D eigenvalue weighted by atomic mass is 19.4. The average molecular weight is 289 g/mol. The maximum Gasteiger partial charge on any atom is 0.416 e. The van der Waals surface area contributed by atoms with Gasteiger partial charge in [-0.05, 0) is 37.7 Å². The Kier molecular flexibility index (Phi) is 4.55. The van der Waals surface area contributed by atoms with Crippen LogP contribution in [0.25, 0.3) is 0 Å². The van der Waals surface area contributed by atoms with Gasteiger partial charge in [-0.15, -0.1) is 0 Å². The van der Waals surface area contributed by atoms with Gasteiger partial charge in [0.15, 0.2) is 0 Å². The van der Waals surface area contributed by atoms with Crippen LogP contribution in [0.4, 0.5) is 13.2 Å². The molecule has 0 radical (unpaired) electrons. The molecular formula is C14H18F3NO2. The Hall–Kier alpha value is -1.27. The van der Waals surface area contributed by atoms with Gasteiger partial charge in [0.25, 0.3) is 0 Å². The number of hydrogen-bond acceptors (Lipinski definition) is 3. The third-order valence-corrected chi connectivity index (χ3v) is 3.37. The lowest BCUT2D eigenvalue weighted by molar-refractivity contribution is -0.137. The van der Waals surface area contributed by atoms with Crippen molar-refractivity contribution in [2.75, 3.05) is 19.7 Å². The van der Waals surface area contributed by atoms with Crippen molar-refractivity contribution in [3.05, 3.63) is 29.8 Å². The van der Waals surface area contributed by atoms with Crippen LogP contribution in [-0.4, -0.2) is 36.9 Å². The van der Waals surface area contributed by atoms with Crippen LogP contribution < -0.4 is 4.74 Å². The maximum absolute atomic E-state index is 12.4. The molecule has 2 rings (SSSR count). The Balaban J connectivity index is 1.86. The van der Waals surface area contributed by atoms with Crippen LogP contribution in [0, 0.1) is 0 Å². The van der Waals surface area contributed by atoms with E-state index < -0.39 is 11.7 Å². The molecule has 0 aromatic heterocycles. The molecule has 0 saturated carbocycles. The molecule has 0 bridgehead atoms. The quantitative estimate of drug-likeness (QED) is 0.850. The molecule has 1 heterocycles. The Morgan fingerprint density at radius 3 is 2.45 bits per heavy atom. The molecule has 1 aliphatic rings. The number of halogens is 3. The predicted octanol–water partition coefficient (Wildman–Crippen LogP) is 3.15. The van der Waals surface area contributed by atoms with E-state index in [1.165, 1.54) is 12.1 Å². The molecule has 1 aliphatic heterocycles. The van der Waals surface area contributed by atoms with Crippen molar-refractivity contribution < 1.29 is 22.6 Å². The van der Waals surface area contributed by atoms with Gasteiger partial charge in [-0.25, -0.2) is 0 Å². The second-order valence-electron chi connectivity index (χ2n) is 4.78. The number of nitrogens with zero attached hydrogens (tertiary/aromatic N) is 1. The van der Waals surface area contributed by atoms with Gasteiger partial charge in [0.1, 0.15) is 24.7 Å². The molecule has 1 aromatic rings. The fraction of sp³-hybridized carbons (Fsp3) is 0.571. The van der Waals surface area contributed by atoms with Crippen molar-refractivity contribution in [2.45, 2.75) is 32.4 Å². The van der Waals surface area contributed by atoms with Gasteiger partial charge in [0.2, 0.25) is 0 Å². The number of alkyl halides is 3. The van der Waals surface area contributed by atoms with E-state index >= 15 is 0 Å². The van der Waals surface area contributed by atoms with Crippen molar-refractivity contribution >= 4 is 0 Å². The third kappa shape index (κ3) is 3.64. The summed E-state index contributed by atoms with van der Waals surface area (Å²) in [5.41, 5.74) is -0.673. The van der Waals surface area contributed by atoms with Crippen molar-refractivity contribution in [3.63, 3.8) is 0 Å². The van der Waals surface area contributed by atoms with Gasteiger partial charge in [-0.2, -0.15) is 13.2 Å². The van der Waals surface area contributed by atoms with E-state index in [1.54, 1.807) is 0 Å². The number of hydrogen-bond donors (Lipinski definition) is 0. The zero-order valence-electron chi connectivity index (χ0n) is 11.5. The fourth-order valence-corrected chi connectivity index (χ4v) is 2.23. The zero-order valence-corrected chi connectivity index (χ0v) is 11.5. The Bertz CT molecular complexity index is 433. The lowest BCUT2D eigenvalue weighted by Crippen LogP contribution is -2.28. The van der Waals surface area contributed by atoms with Gasteiger partial charge in [-0.3, -0.25) is 4.90 Å².